The molecule has 1 unspecified atom stereocenters. The average Bonchev–Trinajstić information content (AvgIpc) is 2.88. The topological polar surface area (TPSA) is 64.4 Å². The molecule has 1 saturated heterocycles. The zero-order valence-corrected chi connectivity index (χ0v) is 12.2. The maximum Gasteiger partial charge on any atom is 0.328 e. The van der Waals surface area contributed by atoms with Crippen molar-refractivity contribution in [2.75, 3.05) is 18.1 Å². The predicted octanol–water partition coefficient (Wildman–Crippen LogP) is 1.36. The van der Waals surface area contributed by atoms with Gasteiger partial charge in [-0.25, -0.2) is 9.78 Å². The first-order chi connectivity index (χ1) is 9.56. The van der Waals surface area contributed by atoms with Crippen LogP contribution in [-0.4, -0.2) is 34.7 Å². The number of aromatic nitrogens is 2. The van der Waals surface area contributed by atoms with E-state index in [0.29, 0.717) is 25.4 Å². The fourth-order valence-corrected chi connectivity index (χ4v) is 2.52. The minimum atomic E-state index is -0.391. The fourth-order valence-electron chi connectivity index (χ4n) is 2.52. The zero-order valence-electron chi connectivity index (χ0n) is 12.2. The molecule has 1 aromatic heterocycles. The van der Waals surface area contributed by atoms with Gasteiger partial charge in [-0.15, -0.1) is 0 Å². The summed E-state index contributed by atoms with van der Waals surface area (Å²) in [5.74, 6) is 0.0721. The molecule has 6 nitrogen and oxygen atoms in total. The average molecular weight is 279 g/mol. The van der Waals surface area contributed by atoms with Crippen LogP contribution in [0.3, 0.4) is 0 Å². The molecule has 2 rings (SSSR count). The summed E-state index contributed by atoms with van der Waals surface area (Å²) >= 11 is 0. The van der Waals surface area contributed by atoms with Crippen LogP contribution >= 0.6 is 0 Å². The van der Waals surface area contributed by atoms with Crippen molar-refractivity contribution >= 4 is 11.8 Å². The number of hydrogen-bond acceptors (Lipinski definition) is 5. The third-order valence-electron chi connectivity index (χ3n) is 3.49. The highest BCUT2D eigenvalue weighted by Crippen LogP contribution is 2.22. The van der Waals surface area contributed by atoms with E-state index in [4.69, 9.17) is 4.74 Å². The van der Waals surface area contributed by atoms with Gasteiger partial charge in [-0.3, -0.25) is 4.79 Å². The highest BCUT2D eigenvalue weighted by molar-refractivity contribution is 5.80. The highest BCUT2D eigenvalue weighted by atomic mass is 16.5. The molecule has 0 radical (unpaired) electrons. The monoisotopic (exact) mass is 279 g/mol. The molecular weight excluding hydrogens is 258 g/mol. The van der Waals surface area contributed by atoms with Crippen LogP contribution in [0.25, 0.3) is 0 Å². The summed E-state index contributed by atoms with van der Waals surface area (Å²) < 4.78 is 6.71. The molecule has 1 aromatic rings. The summed E-state index contributed by atoms with van der Waals surface area (Å²) in [4.78, 5) is 30.3. The summed E-state index contributed by atoms with van der Waals surface area (Å²) in [7, 11) is 0. The number of rotatable bonds is 4. The Bertz CT molecular complexity index is 539. The molecule has 1 atom stereocenters. The lowest BCUT2D eigenvalue weighted by molar-refractivity contribution is -0.144. The van der Waals surface area contributed by atoms with Crippen LogP contribution in [0.5, 0.6) is 0 Å². The second-order valence-corrected chi connectivity index (χ2v) is 5.16. The van der Waals surface area contributed by atoms with Crippen molar-refractivity contribution in [2.24, 2.45) is 0 Å². The lowest BCUT2D eigenvalue weighted by Crippen LogP contribution is -2.42. The lowest BCUT2D eigenvalue weighted by atomic mass is 10.2. The van der Waals surface area contributed by atoms with Crippen LogP contribution in [0.4, 0.5) is 5.82 Å². The Morgan fingerprint density at radius 1 is 1.55 bits per heavy atom. The Morgan fingerprint density at radius 2 is 2.30 bits per heavy atom. The van der Waals surface area contributed by atoms with E-state index in [1.54, 1.807) is 28.8 Å². The minimum Gasteiger partial charge on any atom is -0.464 e. The molecule has 20 heavy (non-hydrogen) atoms. The summed E-state index contributed by atoms with van der Waals surface area (Å²) in [6.45, 7) is 6.68. The van der Waals surface area contributed by atoms with Gasteiger partial charge in [0.2, 0.25) is 0 Å². The highest BCUT2D eigenvalue weighted by Gasteiger charge is 2.34. The molecule has 0 aromatic carbocycles. The van der Waals surface area contributed by atoms with Crippen molar-refractivity contribution in [3.8, 4) is 0 Å². The van der Waals surface area contributed by atoms with Crippen LogP contribution in [0, 0.1) is 0 Å². The van der Waals surface area contributed by atoms with Crippen LogP contribution < -0.4 is 10.5 Å². The van der Waals surface area contributed by atoms with Crippen molar-refractivity contribution in [1.29, 1.82) is 0 Å². The lowest BCUT2D eigenvalue weighted by Gasteiger charge is -2.24. The maximum atomic E-state index is 12.4. The van der Waals surface area contributed by atoms with Gasteiger partial charge in [-0.2, -0.15) is 0 Å². The Morgan fingerprint density at radius 3 is 2.95 bits per heavy atom. The number of carbonyl (C=O) groups excluding carboxylic acids is 1. The van der Waals surface area contributed by atoms with E-state index in [9.17, 15) is 9.59 Å². The summed E-state index contributed by atoms with van der Waals surface area (Å²) in [5.41, 5.74) is -0.154. The van der Waals surface area contributed by atoms with E-state index in [0.717, 1.165) is 6.42 Å². The van der Waals surface area contributed by atoms with Gasteiger partial charge in [0.25, 0.3) is 5.56 Å². The largest absolute Gasteiger partial charge is 0.464 e. The van der Waals surface area contributed by atoms with E-state index in [1.807, 2.05) is 13.8 Å². The van der Waals surface area contributed by atoms with Crippen LogP contribution in [0.15, 0.2) is 17.2 Å². The van der Waals surface area contributed by atoms with Gasteiger partial charge in [0.1, 0.15) is 6.04 Å². The van der Waals surface area contributed by atoms with E-state index in [1.165, 1.54) is 0 Å². The Labute approximate surface area is 118 Å². The Kier molecular flexibility index (Phi) is 4.42. The standard InChI is InChI=1S/C14H21N3O3/c1-4-20-14(19)11-6-5-8-17(11)12-13(18)16(10(2)3)9-7-15-12/h7,9-11H,4-6,8H2,1-3H3. The smallest absolute Gasteiger partial charge is 0.328 e. The second-order valence-electron chi connectivity index (χ2n) is 5.16. The van der Waals surface area contributed by atoms with E-state index < -0.39 is 6.04 Å². The van der Waals surface area contributed by atoms with Crippen LogP contribution in [-0.2, 0) is 9.53 Å². The van der Waals surface area contributed by atoms with Crippen molar-refractivity contribution < 1.29 is 9.53 Å². The quantitative estimate of drug-likeness (QED) is 0.779. The molecule has 0 N–H and O–H groups in total. The summed E-state index contributed by atoms with van der Waals surface area (Å²) in [6.07, 6.45) is 4.85. The molecule has 0 bridgehead atoms. The van der Waals surface area contributed by atoms with Crippen LogP contribution in [0.1, 0.15) is 39.7 Å². The van der Waals surface area contributed by atoms with Gasteiger partial charge in [0, 0.05) is 25.0 Å². The molecule has 0 saturated carbocycles. The van der Waals surface area contributed by atoms with Gasteiger partial charge in [0.15, 0.2) is 5.82 Å². The molecule has 1 aliphatic rings. The molecule has 0 amide bonds. The maximum absolute atomic E-state index is 12.4. The van der Waals surface area contributed by atoms with Gasteiger partial charge in [-0.05, 0) is 33.6 Å². The molecule has 1 aliphatic heterocycles. The zero-order chi connectivity index (χ0) is 14.7. The fraction of sp³-hybridized carbons (Fsp3) is 0.643. The third kappa shape index (κ3) is 2.69. The normalized spacial score (nSPS) is 18.6. The van der Waals surface area contributed by atoms with E-state index in [2.05, 4.69) is 4.98 Å². The van der Waals surface area contributed by atoms with E-state index >= 15 is 0 Å². The Balaban J connectivity index is 2.33. The number of ether oxygens (including phenoxy) is 1. The van der Waals surface area contributed by atoms with Crippen molar-refractivity contribution in [1.82, 2.24) is 9.55 Å². The van der Waals surface area contributed by atoms with Crippen LogP contribution in [0.2, 0.25) is 0 Å². The minimum absolute atomic E-state index is 0.0629. The van der Waals surface area contributed by atoms with Gasteiger partial charge in [-0.1, -0.05) is 0 Å². The van der Waals surface area contributed by atoms with E-state index in [-0.39, 0.29) is 17.6 Å². The summed E-state index contributed by atoms with van der Waals surface area (Å²) in [6, 6.07) is -0.328. The number of hydrogen-bond donors (Lipinski definition) is 0. The number of nitrogens with zero attached hydrogens (tertiary/aromatic N) is 3. The number of esters is 1. The number of anilines is 1. The first-order valence-electron chi connectivity index (χ1n) is 7.06. The van der Waals surface area contributed by atoms with Gasteiger partial charge >= 0.3 is 5.97 Å². The summed E-state index contributed by atoms with van der Waals surface area (Å²) in [5, 5.41) is 0. The van der Waals surface area contributed by atoms with Crippen molar-refractivity contribution in [3.05, 3.63) is 22.7 Å². The third-order valence-corrected chi connectivity index (χ3v) is 3.49. The molecule has 2 heterocycles. The predicted molar refractivity (Wildman–Crippen MR) is 75.9 cm³/mol. The molecule has 0 aliphatic carbocycles. The molecular formula is C14H21N3O3. The molecule has 0 spiro atoms. The molecule has 1 fully saturated rings. The van der Waals surface area contributed by atoms with Crippen molar-refractivity contribution in [2.45, 2.75) is 45.7 Å². The first kappa shape index (κ1) is 14.6. The van der Waals surface area contributed by atoms with Crippen molar-refractivity contribution in [3.63, 3.8) is 0 Å². The second kappa shape index (κ2) is 6.07. The SMILES string of the molecule is CCOC(=O)C1CCCN1c1nccn(C(C)C)c1=O. The van der Waals surface area contributed by atoms with Gasteiger partial charge < -0.3 is 14.2 Å². The first-order valence-corrected chi connectivity index (χ1v) is 7.06. The van der Waals surface area contributed by atoms with Gasteiger partial charge in [0.05, 0.1) is 6.61 Å². The number of carbonyl (C=O) groups is 1. The molecule has 110 valence electrons. The Hall–Kier alpha value is -1.85. The molecule has 6 heteroatoms.